The van der Waals surface area contributed by atoms with Crippen LogP contribution in [-0.2, 0) is 5.41 Å². The first-order valence-corrected chi connectivity index (χ1v) is 8.36. The number of hydrogen-bond acceptors (Lipinski definition) is 2. The Morgan fingerprint density at radius 3 is 2.12 bits per heavy atom. The molecule has 3 aromatic rings. The Kier molecular flexibility index (Phi) is 4.66. The third-order valence-electron chi connectivity index (χ3n) is 4.15. The van der Waals surface area contributed by atoms with E-state index in [1.807, 2.05) is 54.7 Å². The summed E-state index contributed by atoms with van der Waals surface area (Å²) < 4.78 is 0. The molecule has 3 rings (SSSR count). The Bertz CT molecular complexity index is 845. The second-order valence-electron chi connectivity index (χ2n) is 7.10. The predicted octanol–water partition coefficient (Wildman–Crippen LogP) is 5.30. The Hall–Kier alpha value is -2.94. The molecule has 25 heavy (non-hydrogen) atoms. The van der Waals surface area contributed by atoms with Crippen molar-refractivity contribution in [2.45, 2.75) is 26.2 Å². The summed E-state index contributed by atoms with van der Waals surface area (Å²) in [5.74, 6) is -0.110. The molecule has 0 unspecified atom stereocenters. The largest absolute Gasteiger partial charge is 0.322 e. The number of carbonyl (C=O) groups excluding carboxylic acids is 1. The molecule has 0 spiro atoms. The molecule has 1 heterocycles. The van der Waals surface area contributed by atoms with Crippen LogP contribution in [0.5, 0.6) is 0 Å². The van der Waals surface area contributed by atoms with E-state index >= 15 is 0 Å². The van der Waals surface area contributed by atoms with Crippen LogP contribution in [-0.4, -0.2) is 10.9 Å². The molecule has 1 amide bonds. The molecule has 0 aliphatic rings. The second-order valence-corrected chi connectivity index (χ2v) is 7.10. The van der Waals surface area contributed by atoms with E-state index in [0.717, 1.165) is 16.8 Å². The Balaban J connectivity index is 1.71. The lowest BCUT2D eigenvalue weighted by molar-refractivity contribution is 0.102. The maximum Gasteiger partial charge on any atom is 0.255 e. The van der Waals surface area contributed by atoms with Gasteiger partial charge in [0, 0.05) is 23.6 Å². The summed E-state index contributed by atoms with van der Waals surface area (Å²) in [6.45, 7) is 6.51. The molecule has 3 heteroatoms. The number of benzene rings is 2. The van der Waals surface area contributed by atoms with Gasteiger partial charge < -0.3 is 5.32 Å². The monoisotopic (exact) mass is 330 g/mol. The SMILES string of the molecule is CC(C)(C)c1ccc(NC(=O)c2ccc(-c3cccnc3)cc2)cc1. The third-order valence-corrected chi connectivity index (χ3v) is 4.15. The molecule has 0 saturated carbocycles. The molecule has 0 saturated heterocycles. The zero-order chi connectivity index (χ0) is 17.9. The molecular weight excluding hydrogens is 308 g/mol. The lowest BCUT2D eigenvalue weighted by Gasteiger charge is -2.19. The highest BCUT2D eigenvalue weighted by atomic mass is 16.1. The number of aromatic nitrogens is 1. The van der Waals surface area contributed by atoms with Crippen LogP contribution in [0.1, 0.15) is 36.7 Å². The summed E-state index contributed by atoms with van der Waals surface area (Å²) in [6, 6.07) is 19.5. The predicted molar refractivity (Wildman–Crippen MR) is 103 cm³/mol. The maximum absolute atomic E-state index is 12.4. The smallest absolute Gasteiger partial charge is 0.255 e. The van der Waals surface area contributed by atoms with Crippen molar-refractivity contribution in [2.24, 2.45) is 0 Å². The molecule has 0 radical (unpaired) electrons. The van der Waals surface area contributed by atoms with Gasteiger partial charge in [-0.05, 0) is 52.4 Å². The van der Waals surface area contributed by atoms with E-state index in [1.165, 1.54) is 5.56 Å². The lowest BCUT2D eigenvalue weighted by atomic mass is 9.87. The van der Waals surface area contributed by atoms with Crippen molar-refractivity contribution in [1.29, 1.82) is 0 Å². The standard InChI is InChI=1S/C22H22N2O/c1-22(2,3)19-10-12-20(13-11-19)24-21(25)17-8-6-16(7-9-17)18-5-4-14-23-15-18/h4-15H,1-3H3,(H,24,25). The molecule has 0 atom stereocenters. The van der Waals surface area contributed by atoms with Crippen LogP contribution in [0.2, 0.25) is 0 Å². The van der Waals surface area contributed by atoms with Crippen molar-refractivity contribution in [1.82, 2.24) is 4.98 Å². The van der Waals surface area contributed by atoms with Gasteiger partial charge in [0.15, 0.2) is 0 Å². The summed E-state index contributed by atoms with van der Waals surface area (Å²) in [5.41, 5.74) is 4.85. The average Bonchev–Trinajstić information content (AvgIpc) is 2.62. The molecule has 0 bridgehead atoms. The van der Waals surface area contributed by atoms with Crippen LogP contribution < -0.4 is 5.32 Å². The van der Waals surface area contributed by atoms with Crippen molar-refractivity contribution in [3.05, 3.63) is 84.2 Å². The molecule has 0 aliphatic heterocycles. The number of hydrogen-bond donors (Lipinski definition) is 1. The minimum absolute atomic E-state index is 0.102. The average molecular weight is 330 g/mol. The number of amides is 1. The van der Waals surface area contributed by atoms with E-state index in [2.05, 4.69) is 43.2 Å². The van der Waals surface area contributed by atoms with E-state index in [9.17, 15) is 4.79 Å². The van der Waals surface area contributed by atoms with Crippen LogP contribution in [0.25, 0.3) is 11.1 Å². The summed E-state index contributed by atoms with van der Waals surface area (Å²) >= 11 is 0. The van der Waals surface area contributed by atoms with E-state index in [0.29, 0.717) is 5.56 Å². The molecular formula is C22H22N2O. The van der Waals surface area contributed by atoms with Gasteiger partial charge in [-0.15, -0.1) is 0 Å². The molecule has 3 nitrogen and oxygen atoms in total. The zero-order valence-electron chi connectivity index (χ0n) is 14.8. The highest BCUT2D eigenvalue weighted by molar-refractivity contribution is 6.04. The topological polar surface area (TPSA) is 42.0 Å². The van der Waals surface area contributed by atoms with Crippen molar-refractivity contribution >= 4 is 11.6 Å². The van der Waals surface area contributed by atoms with Crippen LogP contribution in [0.4, 0.5) is 5.69 Å². The van der Waals surface area contributed by atoms with Gasteiger partial charge in [0.1, 0.15) is 0 Å². The fraction of sp³-hybridized carbons (Fsp3) is 0.182. The van der Waals surface area contributed by atoms with E-state index in [1.54, 1.807) is 6.20 Å². The fourth-order valence-electron chi connectivity index (χ4n) is 2.60. The van der Waals surface area contributed by atoms with Gasteiger partial charge in [0.05, 0.1) is 0 Å². The van der Waals surface area contributed by atoms with Gasteiger partial charge in [0.25, 0.3) is 5.91 Å². The van der Waals surface area contributed by atoms with E-state index < -0.39 is 0 Å². The number of nitrogens with one attached hydrogen (secondary N) is 1. The quantitative estimate of drug-likeness (QED) is 0.708. The number of anilines is 1. The van der Waals surface area contributed by atoms with Gasteiger partial charge >= 0.3 is 0 Å². The fourth-order valence-corrected chi connectivity index (χ4v) is 2.60. The maximum atomic E-state index is 12.4. The first kappa shape index (κ1) is 16.9. The van der Waals surface area contributed by atoms with Crippen molar-refractivity contribution in [2.75, 3.05) is 5.32 Å². The van der Waals surface area contributed by atoms with Gasteiger partial charge in [-0.3, -0.25) is 9.78 Å². The second kappa shape index (κ2) is 6.89. The van der Waals surface area contributed by atoms with Gasteiger partial charge in [-0.25, -0.2) is 0 Å². The first-order chi connectivity index (χ1) is 11.9. The normalized spacial score (nSPS) is 11.2. The van der Waals surface area contributed by atoms with Gasteiger partial charge in [0.2, 0.25) is 0 Å². The van der Waals surface area contributed by atoms with Crippen LogP contribution in [0.3, 0.4) is 0 Å². The summed E-state index contributed by atoms with van der Waals surface area (Å²) in [5, 5.41) is 2.94. The molecule has 126 valence electrons. The van der Waals surface area contributed by atoms with Crippen LogP contribution >= 0.6 is 0 Å². The highest BCUT2D eigenvalue weighted by Gasteiger charge is 2.13. The molecule has 2 aromatic carbocycles. The summed E-state index contributed by atoms with van der Waals surface area (Å²) in [6.07, 6.45) is 3.56. The molecule has 0 aliphatic carbocycles. The molecule has 1 aromatic heterocycles. The van der Waals surface area contributed by atoms with E-state index in [4.69, 9.17) is 0 Å². The van der Waals surface area contributed by atoms with Crippen LogP contribution in [0, 0.1) is 0 Å². The number of carbonyl (C=O) groups is 1. The van der Waals surface area contributed by atoms with Crippen LogP contribution in [0.15, 0.2) is 73.1 Å². The van der Waals surface area contributed by atoms with Crippen molar-refractivity contribution in [3.8, 4) is 11.1 Å². The lowest BCUT2D eigenvalue weighted by Crippen LogP contribution is -2.13. The number of pyridine rings is 1. The third kappa shape index (κ3) is 4.13. The van der Waals surface area contributed by atoms with Gasteiger partial charge in [-0.1, -0.05) is 51.1 Å². The Morgan fingerprint density at radius 1 is 0.880 bits per heavy atom. The minimum Gasteiger partial charge on any atom is -0.322 e. The van der Waals surface area contributed by atoms with Crippen molar-refractivity contribution < 1.29 is 4.79 Å². The minimum atomic E-state index is -0.110. The zero-order valence-corrected chi connectivity index (χ0v) is 14.8. The molecule has 1 N–H and O–H groups in total. The Labute approximate surface area is 148 Å². The first-order valence-electron chi connectivity index (χ1n) is 8.36. The number of nitrogens with zero attached hydrogens (tertiary/aromatic N) is 1. The van der Waals surface area contributed by atoms with Gasteiger partial charge in [-0.2, -0.15) is 0 Å². The van der Waals surface area contributed by atoms with Crippen molar-refractivity contribution in [3.63, 3.8) is 0 Å². The Morgan fingerprint density at radius 2 is 1.56 bits per heavy atom. The number of rotatable bonds is 3. The summed E-state index contributed by atoms with van der Waals surface area (Å²) in [7, 11) is 0. The molecule has 0 fully saturated rings. The summed E-state index contributed by atoms with van der Waals surface area (Å²) in [4.78, 5) is 16.5. The highest BCUT2D eigenvalue weighted by Crippen LogP contribution is 2.24. The van der Waals surface area contributed by atoms with E-state index in [-0.39, 0.29) is 11.3 Å².